The standard InChI is InChI=1S/C22H25N3/c1-5-12-20-17(2)23-25(22(20)24(3)4)21(18-13-8-6-9-14-18)19-15-10-7-11-16-19/h5-11,13-16,21H,1,12H2,2-4H3. The van der Waals surface area contributed by atoms with Gasteiger partial charge in [-0.2, -0.15) is 5.10 Å². The fourth-order valence-electron chi connectivity index (χ4n) is 3.35. The van der Waals surface area contributed by atoms with E-state index >= 15 is 0 Å². The lowest BCUT2D eigenvalue weighted by molar-refractivity contribution is 0.589. The van der Waals surface area contributed by atoms with E-state index in [-0.39, 0.29) is 6.04 Å². The first-order chi connectivity index (χ1) is 12.1. The van der Waals surface area contributed by atoms with Crippen LogP contribution in [0.3, 0.4) is 0 Å². The molecular weight excluding hydrogens is 306 g/mol. The van der Waals surface area contributed by atoms with Crippen LogP contribution >= 0.6 is 0 Å². The Hall–Kier alpha value is -2.81. The Morgan fingerprint density at radius 1 is 1.00 bits per heavy atom. The first kappa shape index (κ1) is 17.0. The van der Waals surface area contributed by atoms with Crippen LogP contribution in [0.2, 0.25) is 0 Å². The molecule has 3 aromatic rings. The zero-order valence-electron chi connectivity index (χ0n) is 15.2. The van der Waals surface area contributed by atoms with Gasteiger partial charge in [-0.1, -0.05) is 66.7 Å². The van der Waals surface area contributed by atoms with Crippen molar-refractivity contribution in [1.29, 1.82) is 0 Å². The van der Waals surface area contributed by atoms with Gasteiger partial charge in [0, 0.05) is 19.7 Å². The van der Waals surface area contributed by atoms with E-state index in [2.05, 4.69) is 97.8 Å². The Kier molecular flexibility index (Phi) is 5.03. The highest BCUT2D eigenvalue weighted by molar-refractivity contribution is 5.52. The molecule has 0 bridgehead atoms. The molecule has 128 valence electrons. The number of hydrogen-bond donors (Lipinski definition) is 0. The molecular formula is C22H25N3. The Bertz CT molecular complexity index is 793. The summed E-state index contributed by atoms with van der Waals surface area (Å²) in [6.45, 7) is 5.99. The number of aryl methyl sites for hydroxylation is 1. The van der Waals surface area contributed by atoms with Crippen molar-refractivity contribution in [3.05, 3.63) is 95.7 Å². The first-order valence-corrected chi connectivity index (χ1v) is 8.59. The van der Waals surface area contributed by atoms with Crippen molar-refractivity contribution in [2.24, 2.45) is 0 Å². The highest BCUT2D eigenvalue weighted by Crippen LogP contribution is 2.33. The van der Waals surface area contributed by atoms with E-state index < -0.39 is 0 Å². The molecule has 0 fully saturated rings. The Balaban J connectivity index is 2.24. The lowest BCUT2D eigenvalue weighted by Crippen LogP contribution is -2.21. The molecule has 0 aliphatic carbocycles. The van der Waals surface area contributed by atoms with Gasteiger partial charge >= 0.3 is 0 Å². The van der Waals surface area contributed by atoms with Crippen molar-refractivity contribution in [2.45, 2.75) is 19.4 Å². The number of anilines is 1. The number of hydrogen-bond acceptors (Lipinski definition) is 2. The Labute approximate surface area is 150 Å². The van der Waals surface area contributed by atoms with Crippen molar-refractivity contribution in [3.63, 3.8) is 0 Å². The average molecular weight is 331 g/mol. The Morgan fingerprint density at radius 2 is 1.52 bits per heavy atom. The van der Waals surface area contributed by atoms with E-state index in [9.17, 15) is 0 Å². The van der Waals surface area contributed by atoms with E-state index in [4.69, 9.17) is 5.10 Å². The summed E-state index contributed by atoms with van der Waals surface area (Å²) >= 11 is 0. The molecule has 3 nitrogen and oxygen atoms in total. The molecule has 3 rings (SSSR count). The van der Waals surface area contributed by atoms with E-state index in [1.54, 1.807) is 0 Å². The van der Waals surface area contributed by atoms with E-state index in [1.165, 1.54) is 16.7 Å². The van der Waals surface area contributed by atoms with Gasteiger partial charge in [-0.05, 0) is 24.5 Å². The number of nitrogens with zero attached hydrogens (tertiary/aromatic N) is 3. The summed E-state index contributed by atoms with van der Waals surface area (Å²) in [4.78, 5) is 2.15. The fraction of sp³-hybridized carbons (Fsp3) is 0.227. The third kappa shape index (κ3) is 3.36. The normalized spacial score (nSPS) is 10.9. The van der Waals surface area contributed by atoms with Gasteiger partial charge in [0.05, 0.1) is 5.69 Å². The zero-order chi connectivity index (χ0) is 17.8. The minimum Gasteiger partial charge on any atom is -0.363 e. The maximum Gasteiger partial charge on any atom is 0.131 e. The predicted octanol–water partition coefficient (Wildman–Crippen LogP) is 4.62. The van der Waals surface area contributed by atoms with Crippen molar-refractivity contribution >= 4 is 5.82 Å². The van der Waals surface area contributed by atoms with E-state index in [0.29, 0.717) is 0 Å². The highest BCUT2D eigenvalue weighted by atomic mass is 15.4. The molecule has 0 saturated carbocycles. The van der Waals surface area contributed by atoms with Crippen molar-refractivity contribution in [3.8, 4) is 0 Å². The molecule has 25 heavy (non-hydrogen) atoms. The Morgan fingerprint density at radius 3 is 1.96 bits per heavy atom. The van der Waals surface area contributed by atoms with Crippen LogP contribution in [0, 0.1) is 6.92 Å². The second kappa shape index (κ2) is 7.39. The van der Waals surface area contributed by atoms with Gasteiger partial charge in [0.2, 0.25) is 0 Å². The third-order valence-electron chi connectivity index (χ3n) is 4.43. The topological polar surface area (TPSA) is 21.1 Å². The predicted molar refractivity (Wildman–Crippen MR) is 105 cm³/mol. The van der Waals surface area contributed by atoms with Crippen LogP contribution < -0.4 is 4.90 Å². The minimum atomic E-state index is 0.0389. The minimum absolute atomic E-state index is 0.0389. The summed E-state index contributed by atoms with van der Waals surface area (Å²) in [5, 5.41) is 4.93. The van der Waals surface area contributed by atoms with Gasteiger partial charge in [-0.3, -0.25) is 0 Å². The van der Waals surface area contributed by atoms with Gasteiger partial charge in [0.25, 0.3) is 0 Å². The van der Waals surface area contributed by atoms with Gasteiger partial charge < -0.3 is 4.90 Å². The zero-order valence-corrected chi connectivity index (χ0v) is 15.2. The summed E-state index contributed by atoms with van der Waals surface area (Å²) < 4.78 is 2.15. The summed E-state index contributed by atoms with van der Waals surface area (Å²) in [7, 11) is 4.15. The molecule has 0 radical (unpaired) electrons. The molecule has 0 aliphatic heterocycles. The summed E-state index contributed by atoms with van der Waals surface area (Å²) in [6.07, 6.45) is 2.76. The monoisotopic (exact) mass is 331 g/mol. The van der Waals surface area contributed by atoms with Crippen molar-refractivity contribution < 1.29 is 0 Å². The van der Waals surface area contributed by atoms with Crippen LogP contribution in [0.4, 0.5) is 5.82 Å². The summed E-state index contributed by atoms with van der Waals surface area (Å²) in [5.74, 6) is 1.13. The number of benzene rings is 2. The quantitative estimate of drug-likeness (QED) is 0.614. The average Bonchev–Trinajstić information content (AvgIpc) is 2.94. The van der Waals surface area contributed by atoms with Crippen LogP contribution in [-0.4, -0.2) is 23.9 Å². The molecule has 0 spiro atoms. The van der Waals surface area contributed by atoms with Crippen molar-refractivity contribution in [1.82, 2.24) is 9.78 Å². The molecule has 2 aromatic carbocycles. The smallest absolute Gasteiger partial charge is 0.131 e. The molecule has 3 heteroatoms. The van der Waals surface area contributed by atoms with Crippen LogP contribution in [0.25, 0.3) is 0 Å². The van der Waals surface area contributed by atoms with Gasteiger partial charge in [0.15, 0.2) is 0 Å². The second-order valence-electron chi connectivity index (χ2n) is 6.44. The van der Waals surface area contributed by atoms with Gasteiger partial charge in [-0.15, -0.1) is 6.58 Å². The third-order valence-corrected chi connectivity index (χ3v) is 4.43. The van der Waals surface area contributed by atoms with Crippen LogP contribution in [-0.2, 0) is 6.42 Å². The summed E-state index contributed by atoms with van der Waals surface area (Å²) in [5.41, 5.74) is 4.74. The van der Waals surface area contributed by atoms with Crippen LogP contribution in [0.15, 0.2) is 73.3 Å². The number of allylic oxidation sites excluding steroid dienone is 1. The maximum absolute atomic E-state index is 4.93. The molecule has 0 aliphatic rings. The highest BCUT2D eigenvalue weighted by Gasteiger charge is 2.24. The van der Waals surface area contributed by atoms with E-state index in [1.807, 2.05) is 6.08 Å². The molecule has 0 atom stereocenters. The molecule has 0 amide bonds. The lowest BCUT2D eigenvalue weighted by atomic mass is 9.98. The fourth-order valence-corrected chi connectivity index (χ4v) is 3.35. The van der Waals surface area contributed by atoms with Crippen LogP contribution in [0.5, 0.6) is 0 Å². The van der Waals surface area contributed by atoms with Crippen LogP contribution in [0.1, 0.15) is 28.4 Å². The molecule has 0 N–H and O–H groups in total. The number of rotatable bonds is 6. The molecule has 1 aromatic heterocycles. The number of aromatic nitrogens is 2. The molecule has 0 saturated heterocycles. The second-order valence-corrected chi connectivity index (χ2v) is 6.44. The SMILES string of the molecule is C=CCc1c(C)nn(C(c2ccccc2)c2ccccc2)c1N(C)C. The van der Waals surface area contributed by atoms with Crippen molar-refractivity contribution in [2.75, 3.05) is 19.0 Å². The lowest BCUT2D eigenvalue weighted by Gasteiger charge is -2.25. The largest absolute Gasteiger partial charge is 0.363 e. The van der Waals surface area contributed by atoms with E-state index in [0.717, 1.165) is 17.9 Å². The maximum atomic E-state index is 4.93. The molecule has 1 heterocycles. The first-order valence-electron chi connectivity index (χ1n) is 8.59. The van der Waals surface area contributed by atoms with Gasteiger partial charge in [-0.25, -0.2) is 4.68 Å². The van der Waals surface area contributed by atoms with Gasteiger partial charge in [0.1, 0.15) is 11.9 Å². The molecule has 0 unspecified atom stereocenters. The summed E-state index contributed by atoms with van der Waals surface area (Å²) in [6, 6.07) is 21.2.